The molecule has 1 N–H and O–H groups in total. The van der Waals surface area contributed by atoms with E-state index >= 15 is 0 Å². The molecule has 22 heavy (non-hydrogen) atoms. The first-order valence-corrected chi connectivity index (χ1v) is 7.31. The highest BCUT2D eigenvalue weighted by atomic mass is 16.6. The summed E-state index contributed by atoms with van der Waals surface area (Å²) in [4.78, 5) is 25.3. The maximum Gasteiger partial charge on any atom is 0.410 e. The van der Waals surface area contributed by atoms with Gasteiger partial charge in [0.2, 0.25) is 0 Å². The Morgan fingerprint density at radius 1 is 1.27 bits per heavy atom. The second kappa shape index (κ2) is 7.79. The maximum absolute atomic E-state index is 12.2. The average Bonchev–Trinajstić information content (AvgIpc) is 2.59. The lowest BCUT2D eigenvalue weighted by Gasteiger charge is -2.36. The van der Waals surface area contributed by atoms with Crippen LogP contribution in [0.4, 0.5) is 4.79 Å². The SMILES string of the molecule is COC(=O)[C@@H]1CC[C@@H](CO)N(C(=O)OCc2ccccc2)C1. The summed E-state index contributed by atoms with van der Waals surface area (Å²) < 4.78 is 10.0. The molecule has 1 fully saturated rings. The number of rotatable bonds is 4. The number of aliphatic hydroxyl groups excluding tert-OH is 1. The van der Waals surface area contributed by atoms with Crippen LogP contribution in [0.2, 0.25) is 0 Å². The van der Waals surface area contributed by atoms with Gasteiger partial charge in [-0.25, -0.2) is 4.79 Å². The Morgan fingerprint density at radius 3 is 2.64 bits per heavy atom. The van der Waals surface area contributed by atoms with Crippen molar-refractivity contribution in [2.75, 3.05) is 20.3 Å². The zero-order valence-corrected chi connectivity index (χ0v) is 12.6. The molecule has 1 amide bonds. The zero-order chi connectivity index (χ0) is 15.9. The summed E-state index contributed by atoms with van der Waals surface area (Å²) in [6.45, 7) is 0.233. The van der Waals surface area contributed by atoms with E-state index in [1.165, 1.54) is 12.0 Å². The van der Waals surface area contributed by atoms with Crippen LogP contribution in [-0.2, 0) is 20.9 Å². The molecule has 6 nitrogen and oxygen atoms in total. The number of carbonyl (C=O) groups is 2. The van der Waals surface area contributed by atoms with Gasteiger partial charge in [-0.3, -0.25) is 4.79 Å². The van der Waals surface area contributed by atoms with Crippen LogP contribution in [-0.4, -0.2) is 48.4 Å². The minimum absolute atomic E-state index is 0.145. The van der Waals surface area contributed by atoms with Gasteiger partial charge in [0, 0.05) is 6.54 Å². The molecule has 120 valence electrons. The van der Waals surface area contributed by atoms with Crippen molar-refractivity contribution in [2.24, 2.45) is 5.92 Å². The van der Waals surface area contributed by atoms with Crippen molar-refractivity contribution < 1.29 is 24.2 Å². The number of amides is 1. The number of ether oxygens (including phenoxy) is 2. The quantitative estimate of drug-likeness (QED) is 0.855. The zero-order valence-electron chi connectivity index (χ0n) is 12.6. The van der Waals surface area contributed by atoms with Gasteiger partial charge in [0.1, 0.15) is 6.61 Å². The van der Waals surface area contributed by atoms with Crippen molar-refractivity contribution in [3.05, 3.63) is 35.9 Å². The van der Waals surface area contributed by atoms with E-state index in [0.717, 1.165) is 5.56 Å². The number of benzene rings is 1. The summed E-state index contributed by atoms with van der Waals surface area (Å²) in [7, 11) is 1.33. The molecule has 6 heteroatoms. The topological polar surface area (TPSA) is 76.1 Å². The summed E-state index contributed by atoms with van der Waals surface area (Å²) >= 11 is 0. The minimum Gasteiger partial charge on any atom is -0.469 e. The molecule has 0 bridgehead atoms. The molecule has 0 saturated carbocycles. The molecule has 0 unspecified atom stereocenters. The third-order valence-corrected chi connectivity index (χ3v) is 3.89. The van der Waals surface area contributed by atoms with E-state index in [0.29, 0.717) is 12.8 Å². The highest BCUT2D eigenvalue weighted by Crippen LogP contribution is 2.24. The monoisotopic (exact) mass is 307 g/mol. The molecule has 1 aromatic rings. The first kappa shape index (κ1) is 16.3. The number of methoxy groups -OCH3 is 1. The van der Waals surface area contributed by atoms with Gasteiger partial charge in [-0.15, -0.1) is 0 Å². The smallest absolute Gasteiger partial charge is 0.410 e. The van der Waals surface area contributed by atoms with Crippen LogP contribution in [0.1, 0.15) is 18.4 Å². The number of esters is 1. The van der Waals surface area contributed by atoms with Gasteiger partial charge in [0.15, 0.2) is 0 Å². The second-order valence-corrected chi connectivity index (χ2v) is 5.33. The molecule has 0 spiro atoms. The molecule has 0 radical (unpaired) electrons. The summed E-state index contributed by atoms with van der Waals surface area (Å²) in [5.41, 5.74) is 0.887. The lowest BCUT2D eigenvalue weighted by Crippen LogP contribution is -2.50. The van der Waals surface area contributed by atoms with Crippen LogP contribution >= 0.6 is 0 Å². The van der Waals surface area contributed by atoms with Gasteiger partial charge >= 0.3 is 12.1 Å². The lowest BCUT2D eigenvalue weighted by atomic mass is 9.93. The molecule has 0 aliphatic carbocycles. The van der Waals surface area contributed by atoms with E-state index in [4.69, 9.17) is 9.47 Å². The normalized spacial score (nSPS) is 21.3. The Labute approximate surface area is 129 Å². The third-order valence-electron chi connectivity index (χ3n) is 3.89. The molecule has 0 aromatic heterocycles. The fourth-order valence-corrected chi connectivity index (χ4v) is 2.60. The molecule has 2 rings (SSSR count). The van der Waals surface area contributed by atoms with Gasteiger partial charge in [0.25, 0.3) is 0 Å². The van der Waals surface area contributed by atoms with Crippen LogP contribution in [0, 0.1) is 5.92 Å². The van der Waals surface area contributed by atoms with Gasteiger partial charge in [0.05, 0.1) is 25.7 Å². The largest absolute Gasteiger partial charge is 0.469 e. The number of piperidine rings is 1. The predicted molar refractivity (Wildman–Crippen MR) is 78.9 cm³/mol. The summed E-state index contributed by atoms with van der Waals surface area (Å²) in [6.07, 6.45) is 0.633. The van der Waals surface area contributed by atoms with Crippen molar-refractivity contribution in [3.8, 4) is 0 Å². The van der Waals surface area contributed by atoms with Gasteiger partial charge in [-0.05, 0) is 18.4 Å². The van der Waals surface area contributed by atoms with Crippen LogP contribution in [0.15, 0.2) is 30.3 Å². The van der Waals surface area contributed by atoms with Crippen molar-refractivity contribution in [3.63, 3.8) is 0 Å². The van der Waals surface area contributed by atoms with E-state index in [2.05, 4.69) is 0 Å². The Balaban J connectivity index is 1.96. The molecular weight excluding hydrogens is 286 g/mol. The number of carbonyl (C=O) groups excluding carboxylic acids is 2. The fraction of sp³-hybridized carbons (Fsp3) is 0.500. The molecule has 1 aliphatic rings. The van der Waals surface area contributed by atoms with Crippen LogP contribution in [0.3, 0.4) is 0 Å². The summed E-state index contributed by atoms with van der Waals surface area (Å²) in [5.74, 6) is -0.700. The van der Waals surface area contributed by atoms with E-state index < -0.39 is 6.09 Å². The minimum atomic E-state index is -0.517. The van der Waals surface area contributed by atoms with E-state index in [1.54, 1.807) is 0 Å². The van der Waals surface area contributed by atoms with Crippen LogP contribution < -0.4 is 0 Å². The highest BCUT2D eigenvalue weighted by Gasteiger charge is 2.35. The number of hydrogen-bond acceptors (Lipinski definition) is 5. The lowest BCUT2D eigenvalue weighted by molar-refractivity contribution is -0.147. The molecule has 1 aromatic carbocycles. The third kappa shape index (κ3) is 3.98. The van der Waals surface area contributed by atoms with Crippen LogP contribution in [0.5, 0.6) is 0 Å². The number of nitrogens with zero attached hydrogens (tertiary/aromatic N) is 1. The molecular formula is C16H21NO5. The molecule has 1 aliphatic heterocycles. The highest BCUT2D eigenvalue weighted by molar-refractivity contribution is 5.75. The Bertz CT molecular complexity index is 505. The average molecular weight is 307 g/mol. The van der Waals surface area contributed by atoms with Gasteiger partial charge in [-0.1, -0.05) is 30.3 Å². The Kier molecular flexibility index (Phi) is 5.77. The van der Waals surface area contributed by atoms with Crippen molar-refractivity contribution in [2.45, 2.75) is 25.5 Å². The Hall–Kier alpha value is -2.08. The van der Waals surface area contributed by atoms with Crippen molar-refractivity contribution in [1.82, 2.24) is 4.90 Å². The number of aliphatic hydroxyl groups is 1. The summed E-state index contributed by atoms with van der Waals surface area (Å²) in [6, 6.07) is 9.04. The maximum atomic E-state index is 12.2. The van der Waals surface area contributed by atoms with Crippen molar-refractivity contribution >= 4 is 12.1 Å². The number of hydrogen-bond donors (Lipinski definition) is 1. The molecule has 1 saturated heterocycles. The Morgan fingerprint density at radius 2 is 2.00 bits per heavy atom. The predicted octanol–water partition coefficient (Wildman–Crippen LogP) is 1.57. The van der Waals surface area contributed by atoms with E-state index in [1.807, 2.05) is 30.3 Å². The molecule has 1 heterocycles. The summed E-state index contributed by atoms with van der Waals surface area (Å²) in [5, 5.41) is 9.41. The van der Waals surface area contributed by atoms with E-state index in [9.17, 15) is 14.7 Å². The van der Waals surface area contributed by atoms with E-state index in [-0.39, 0.29) is 37.7 Å². The van der Waals surface area contributed by atoms with Crippen molar-refractivity contribution in [1.29, 1.82) is 0 Å². The second-order valence-electron chi connectivity index (χ2n) is 5.33. The first-order valence-electron chi connectivity index (χ1n) is 7.31. The van der Waals surface area contributed by atoms with Gasteiger partial charge in [-0.2, -0.15) is 0 Å². The standard InChI is InChI=1S/C16H21NO5/c1-21-15(19)13-7-8-14(10-18)17(9-13)16(20)22-11-12-5-3-2-4-6-12/h2-6,13-14,18H,7-11H2,1H3/t13-,14+/m1/s1. The molecule has 2 atom stereocenters. The fourth-order valence-electron chi connectivity index (χ4n) is 2.60. The number of likely N-dealkylation sites (tertiary alicyclic amines) is 1. The van der Waals surface area contributed by atoms with Gasteiger partial charge < -0.3 is 19.5 Å². The first-order chi connectivity index (χ1) is 10.7. The van der Waals surface area contributed by atoms with Crippen LogP contribution in [0.25, 0.3) is 0 Å².